The van der Waals surface area contributed by atoms with Gasteiger partial charge in [0.05, 0.1) is 17.9 Å². The number of likely N-dealkylation sites (tertiary alicyclic amines) is 1. The van der Waals surface area contributed by atoms with Crippen molar-refractivity contribution in [1.82, 2.24) is 4.90 Å². The fourth-order valence-corrected chi connectivity index (χ4v) is 4.38. The average Bonchev–Trinajstić information content (AvgIpc) is 3.17. The molecule has 0 saturated carbocycles. The Morgan fingerprint density at radius 2 is 1.93 bits per heavy atom. The molecule has 2 aromatic carbocycles. The number of hydrogen-bond acceptors (Lipinski definition) is 5. The van der Waals surface area contributed by atoms with Crippen LogP contribution in [0.25, 0.3) is 0 Å². The summed E-state index contributed by atoms with van der Waals surface area (Å²) in [6.07, 6.45) is 3.62. The van der Waals surface area contributed by atoms with Crippen LogP contribution in [-0.4, -0.2) is 49.5 Å². The standard InChI is InChI=1S/C24H31N3O3/c1-18-8-6-15-26(18)16-7-17-30-20-13-11-19(12-14-20)27-23(28)21-9-4-5-10-22(21)25-24(27,2)29-3/h4-5,9-14,18,25H,6-8,15-17H2,1-3H3/t18-,24?/m1/s1. The van der Waals surface area contributed by atoms with Crippen molar-refractivity contribution in [3.63, 3.8) is 0 Å². The Morgan fingerprint density at radius 3 is 2.63 bits per heavy atom. The van der Waals surface area contributed by atoms with E-state index in [-0.39, 0.29) is 5.91 Å². The third-order valence-electron chi connectivity index (χ3n) is 6.20. The Hall–Kier alpha value is -2.57. The molecular formula is C24H31N3O3. The number of carbonyl (C=O) groups is 1. The molecular weight excluding hydrogens is 378 g/mol. The van der Waals surface area contributed by atoms with Gasteiger partial charge in [-0.15, -0.1) is 0 Å². The second-order valence-corrected chi connectivity index (χ2v) is 8.22. The summed E-state index contributed by atoms with van der Waals surface area (Å²) < 4.78 is 11.6. The third-order valence-corrected chi connectivity index (χ3v) is 6.20. The zero-order valence-corrected chi connectivity index (χ0v) is 18.1. The molecule has 1 amide bonds. The highest BCUT2D eigenvalue weighted by molar-refractivity contribution is 6.12. The number of carbonyl (C=O) groups excluding carboxylic acids is 1. The summed E-state index contributed by atoms with van der Waals surface area (Å²) in [6, 6.07) is 15.8. The van der Waals surface area contributed by atoms with Crippen molar-refractivity contribution in [3.8, 4) is 5.75 Å². The van der Waals surface area contributed by atoms with Crippen LogP contribution in [0.1, 0.15) is 43.5 Å². The first kappa shape index (κ1) is 20.7. The molecule has 0 aliphatic carbocycles. The van der Waals surface area contributed by atoms with Crippen LogP contribution in [0.5, 0.6) is 5.75 Å². The molecule has 0 radical (unpaired) electrons. The highest BCUT2D eigenvalue weighted by Gasteiger charge is 2.42. The first-order valence-corrected chi connectivity index (χ1v) is 10.8. The molecule has 4 rings (SSSR count). The summed E-state index contributed by atoms with van der Waals surface area (Å²) in [5.41, 5.74) is 2.16. The van der Waals surface area contributed by atoms with Crippen molar-refractivity contribution in [2.45, 2.75) is 45.0 Å². The lowest BCUT2D eigenvalue weighted by atomic mass is 10.1. The summed E-state index contributed by atoms with van der Waals surface area (Å²) in [5.74, 6) is -0.257. The number of ether oxygens (including phenoxy) is 2. The molecule has 1 unspecified atom stereocenters. The molecule has 6 heteroatoms. The fraction of sp³-hybridized carbons (Fsp3) is 0.458. The summed E-state index contributed by atoms with van der Waals surface area (Å²) in [4.78, 5) is 17.4. The molecule has 2 aromatic rings. The van der Waals surface area contributed by atoms with Crippen LogP contribution < -0.4 is 15.0 Å². The van der Waals surface area contributed by atoms with E-state index in [4.69, 9.17) is 9.47 Å². The van der Waals surface area contributed by atoms with Crippen LogP contribution in [0, 0.1) is 0 Å². The number of methoxy groups -OCH3 is 1. The maximum Gasteiger partial charge on any atom is 0.264 e. The lowest BCUT2D eigenvalue weighted by Gasteiger charge is -2.44. The van der Waals surface area contributed by atoms with E-state index in [2.05, 4.69) is 17.1 Å². The van der Waals surface area contributed by atoms with Gasteiger partial charge >= 0.3 is 0 Å². The molecule has 2 aliphatic heterocycles. The highest BCUT2D eigenvalue weighted by atomic mass is 16.5. The van der Waals surface area contributed by atoms with Crippen molar-refractivity contribution in [2.75, 3.05) is 37.0 Å². The highest BCUT2D eigenvalue weighted by Crippen LogP contribution is 2.36. The first-order valence-electron chi connectivity index (χ1n) is 10.8. The maximum absolute atomic E-state index is 13.2. The lowest BCUT2D eigenvalue weighted by molar-refractivity contribution is 0.0238. The van der Waals surface area contributed by atoms with Crippen molar-refractivity contribution in [2.24, 2.45) is 0 Å². The zero-order chi connectivity index (χ0) is 21.1. The smallest absolute Gasteiger partial charge is 0.264 e. The SMILES string of the molecule is COC1(C)Nc2ccccc2C(=O)N1c1ccc(OCCCN2CCC[C@H]2C)cc1. The van der Waals surface area contributed by atoms with Crippen molar-refractivity contribution in [1.29, 1.82) is 0 Å². The largest absolute Gasteiger partial charge is 0.494 e. The molecule has 6 nitrogen and oxygen atoms in total. The van der Waals surface area contributed by atoms with Gasteiger partial charge in [0.15, 0.2) is 0 Å². The van der Waals surface area contributed by atoms with Crippen LogP contribution >= 0.6 is 0 Å². The molecule has 0 aromatic heterocycles. The van der Waals surface area contributed by atoms with Crippen LogP contribution in [0.3, 0.4) is 0 Å². The van der Waals surface area contributed by atoms with Gasteiger partial charge in [0.1, 0.15) is 5.75 Å². The number of benzene rings is 2. The van der Waals surface area contributed by atoms with E-state index in [1.165, 1.54) is 19.4 Å². The van der Waals surface area contributed by atoms with Gasteiger partial charge in [0.2, 0.25) is 5.85 Å². The second-order valence-electron chi connectivity index (χ2n) is 8.22. The van der Waals surface area contributed by atoms with Crippen LogP contribution in [0.2, 0.25) is 0 Å². The molecule has 160 valence electrons. The number of nitrogens with zero attached hydrogens (tertiary/aromatic N) is 2. The van der Waals surface area contributed by atoms with Gasteiger partial charge in [-0.3, -0.25) is 9.69 Å². The Labute approximate surface area is 178 Å². The van der Waals surface area contributed by atoms with Gasteiger partial charge in [-0.05, 0) is 69.1 Å². The predicted octanol–water partition coefficient (Wildman–Crippen LogP) is 4.33. The fourth-order valence-electron chi connectivity index (χ4n) is 4.38. The molecule has 0 spiro atoms. The Balaban J connectivity index is 1.42. The average molecular weight is 410 g/mol. The first-order chi connectivity index (χ1) is 14.5. The second kappa shape index (κ2) is 8.66. The van der Waals surface area contributed by atoms with Gasteiger partial charge in [-0.2, -0.15) is 0 Å². The van der Waals surface area contributed by atoms with Gasteiger partial charge in [-0.1, -0.05) is 12.1 Å². The van der Waals surface area contributed by atoms with E-state index in [0.29, 0.717) is 18.2 Å². The normalized spacial score (nSPS) is 23.9. The molecule has 30 heavy (non-hydrogen) atoms. The van der Waals surface area contributed by atoms with E-state index in [0.717, 1.165) is 30.1 Å². The van der Waals surface area contributed by atoms with Crippen molar-refractivity contribution in [3.05, 3.63) is 54.1 Å². The summed E-state index contributed by atoms with van der Waals surface area (Å²) in [7, 11) is 1.60. The van der Waals surface area contributed by atoms with Crippen LogP contribution in [-0.2, 0) is 4.74 Å². The zero-order valence-electron chi connectivity index (χ0n) is 18.1. The molecule has 1 N–H and O–H groups in total. The van der Waals surface area contributed by atoms with E-state index < -0.39 is 5.85 Å². The van der Waals surface area contributed by atoms with Gasteiger partial charge in [-0.25, -0.2) is 0 Å². The minimum Gasteiger partial charge on any atom is -0.494 e. The summed E-state index contributed by atoms with van der Waals surface area (Å²) in [5, 5.41) is 3.34. The van der Waals surface area contributed by atoms with Crippen molar-refractivity contribution >= 4 is 17.3 Å². The quantitative estimate of drug-likeness (QED) is 0.690. The monoisotopic (exact) mass is 409 g/mol. The van der Waals surface area contributed by atoms with E-state index in [9.17, 15) is 4.79 Å². The number of anilines is 2. The number of para-hydroxylation sites is 1. The van der Waals surface area contributed by atoms with Crippen LogP contribution in [0.15, 0.2) is 48.5 Å². The minimum atomic E-state index is -0.972. The molecule has 2 aliphatic rings. The maximum atomic E-state index is 13.2. The molecule has 1 fully saturated rings. The van der Waals surface area contributed by atoms with Gasteiger partial charge < -0.3 is 19.7 Å². The molecule has 1 saturated heterocycles. The number of fused-ring (bicyclic) bond motifs is 1. The lowest BCUT2D eigenvalue weighted by Crippen LogP contribution is -2.59. The number of amides is 1. The Kier molecular flexibility index (Phi) is 5.97. The van der Waals surface area contributed by atoms with E-state index in [1.54, 1.807) is 12.0 Å². The minimum absolute atomic E-state index is 0.0953. The number of nitrogens with one attached hydrogen (secondary N) is 1. The number of rotatable bonds is 7. The predicted molar refractivity (Wildman–Crippen MR) is 119 cm³/mol. The number of hydrogen-bond donors (Lipinski definition) is 1. The molecule has 0 bridgehead atoms. The third kappa shape index (κ3) is 4.02. The van der Waals surface area contributed by atoms with Crippen molar-refractivity contribution < 1.29 is 14.3 Å². The Morgan fingerprint density at radius 1 is 1.17 bits per heavy atom. The van der Waals surface area contributed by atoms with Gasteiger partial charge in [0.25, 0.3) is 5.91 Å². The summed E-state index contributed by atoms with van der Waals surface area (Å²) in [6.45, 7) is 7.13. The summed E-state index contributed by atoms with van der Waals surface area (Å²) >= 11 is 0. The molecule has 2 atom stereocenters. The topological polar surface area (TPSA) is 54.0 Å². The van der Waals surface area contributed by atoms with Gasteiger partial charge in [0, 0.05) is 32.3 Å². The van der Waals surface area contributed by atoms with E-state index >= 15 is 0 Å². The molecule has 2 heterocycles. The van der Waals surface area contributed by atoms with E-state index in [1.807, 2.05) is 55.5 Å². The Bertz CT molecular complexity index is 886. The van der Waals surface area contributed by atoms with Crippen LogP contribution in [0.4, 0.5) is 11.4 Å².